The third-order valence-corrected chi connectivity index (χ3v) is 3.72. The molecule has 1 aliphatic heterocycles. The number of nitrogens with one attached hydrogen (secondary N) is 1. The second-order valence-corrected chi connectivity index (χ2v) is 4.99. The van der Waals surface area contributed by atoms with Gasteiger partial charge in [0.05, 0.1) is 18.3 Å². The zero-order chi connectivity index (χ0) is 14.4. The zero-order valence-electron chi connectivity index (χ0n) is 11.7. The van der Waals surface area contributed by atoms with Crippen LogP contribution in [-0.2, 0) is 4.74 Å². The molecule has 20 heavy (non-hydrogen) atoms. The number of hydrogen-bond acceptors (Lipinski definition) is 4. The summed E-state index contributed by atoms with van der Waals surface area (Å²) in [7, 11) is 1.75. The van der Waals surface area contributed by atoms with Crippen LogP contribution < -0.4 is 10.1 Å². The van der Waals surface area contributed by atoms with Crippen molar-refractivity contribution in [2.45, 2.75) is 18.9 Å². The zero-order valence-corrected chi connectivity index (χ0v) is 11.7. The number of carboxylic acid groups (broad SMARTS) is 1. The van der Waals surface area contributed by atoms with Crippen molar-refractivity contribution < 1.29 is 19.4 Å². The van der Waals surface area contributed by atoms with E-state index in [4.69, 9.17) is 14.6 Å². The van der Waals surface area contributed by atoms with Gasteiger partial charge in [-0.05, 0) is 49.6 Å². The topological polar surface area (TPSA) is 67.8 Å². The van der Waals surface area contributed by atoms with Crippen LogP contribution in [0.5, 0.6) is 5.75 Å². The van der Waals surface area contributed by atoms with Gasteiger partial charge in [-0.15, -0.1) is 0 Å². The van der Waals surface area contributed by atoms with E-state index >= 15 is 0 Å². The molecule has 0 aliphatic carbocycles. The standard InChI is InChI=1S/C15H21NO4/c1-19-14-10-16-8-6-11(14)7-9-20-13-4-2-12(3-5-13)15(17)18/h2-5,11,14,16H,6-10H2,1H3,(H,17,18)/t11-,14-/m0/s1. The molecule has 1 saturated heterocycles. The fourth-order valence-corrected chi connectivity index (χ4v) is 2.51. The predicted octanol–water partition coefficient (Wildman–Crippen LogP) is 1.78. The number of piperidine rings is 1. The highest BCUT2D eigenvalue weighted by molar-refractivity contribution is 5.87. The van der Waals surface area contributed by atoms with Crippen molar-refractivity contribution in [1.82, 2.24) is 5.32 Å². The first-order chi connectivity index (χ1) is 9.70. The van der Waals surface area contributed by atoms with Crippen LogP contribution in [0.4, 0.5) is 0 Å². The Balaban J connectivity index is 1.78. The summed E-state index contributed by atoms with van der Waals surface area (Å²) in [5.74, 6) is 0.298. The lowest BCUT2D eigenvalue weighted by atomic mass is 9.92. The monoisotopic (exact) mass is 279 g/mol. The van der Waals surface area contributed by atoms with Crippen molar-refractivity contribution in [2.24, 2.45) is 5.92 Å². The molecular formula is C15H21NO4. The van der Waals surface area contributed by atoms with E-state index in [1.807, 2.05) is 0 Å². The van der Waals surface area contributed by atoms with E-state index < -0.39 is 5.97 Å². The second kappa shape index (κ2) is 7.26. The van der Waals surface area contributed by atoms with E-state index in [0.717, 1.165) is 25.9 Å². The summed E-state index contributed by atoms with van der Waals surface area (Å²) in [5, 5.41) is 12.1. The number of rotatable bonds is 6. The van der Waals surface area contributed by atoms with E-state index in [1.165, 1.54) is 0 Å². The van der Waals surface area contributed by atoms with Gasteiger partial charge in [0.1, 0.15) is 5.75 Å². The molecule has 5 nitrogen and oxygen atoms in total. The summed E-state index contributed by atoms with van der Waals surface area (Å²) in [6, 6.07) is 6.50. The van der Waals surface area contributed by atoms with Crippen molar-refractivity contribution in [3.8, 4) is 5.75 Å². The smallest absolute Gasteiger partial charge is 0.335 e. The average Bonchev–Trinajstić information content (AvgIpc) is 2.48. The Kier molecular flexibility index (Phi) is 5.38. The van der Waals surface area contributed by atoms with Crippen molar-refractivity contribution in [3.63, 3.8) is 0 Å². The Hall–Kier alpha value is -1.59. The molecular weight excluding hydrogens is 258 g/mol. The Morgan fingerprint density at radius 3 is 2.80 bits per heavy atom. The molecule has 0 bridgehead atoms. The lowest BCUT2D eigenvalue weighted by Gasteiger charge is -2.31. The van der Waals surface area contributed by atoms with E-state index in [0.29, 0.717) is 18.3 Å². The molecule has 0 amide bonds. The molecule has 2 atom stereocenters. The quantitative estimate of drug-likeness (QED) is 0.831. The minimum absolute atomic E-state index is 0.252. The SMILES string of the molecule is CO[C@H]1CNCC[C@H]1CCOc1ccc(C(=O)O)cc1. The summed E-state index contributed by atoms with van der Waals surface area (Å²) in [6.45, 7) is 2.54. The van der Waals surface area contributed by atoms with Crippen LogP contribution in [-0.4, -0.2) is 44.0 Å². The van der Waals surface area contributed by atoms with Crippen LogP contribution in [0, 0.1) is 5.92 Å². The normalized spacial score (nSPS) is 22.4. The minimum atomic E-state index is -0.922. The van der Waals surface area contributed by atoms with Gasteiger partial charge in [0, 0.05) is 13.7 Å². The number of carbonyl (C=O) groups is 1. The lowest BCUT2D eigenvalue weighted by Crippen LogP contribution is -2.42. The van der Waals surface area contributed by atoms with E-state index in [-0.39, 0.29) is 11.7 Å². The molecule has 1 aromatic rings. The molecule has 5 heteroatoms. The number of hydrogen-bond donors (Lipinski definition) is 2. The Bertz CT molecular complexity index is 432. The maximum Gasteiger partial charge on any atom is 0.335 e. The fourth-order valence-electron chi connectivity index (χ4n) is 2.51. The van der Waals surface area contributed by atoms with Gasteiger partial charge in [-0.1, -0.05) is 0 Å². The summed E-state index contributed by atoms with van der Waals surface area (Å²) in [4.78, 5) is 10.7. The van der Waals surface area contributed by atoms with Crippen molar-refractivity contribution in [2.75, 3.05) is 26.8 Å². The highest BCUT2D eigenvalue weighted by atomic mass is 16.5. The van der Waals surface area contributed by atoms with Gasteiger partial charge in [-0.25, -0.2) is 4.79 Å². The van der Waals surface area contributed by atoms with E-state index in [1.54, 1.807) is 31.4 Å². The molecule has 0 radical (unpaired) electrons. The molecule has 1 aromatic carbocycles. The van der Waals surface area contributed by atoms with Crippen LogP contribution in [0.2, 0.25) is 0 Å². The van der Waals surface area contributed by atoms with Crippen molar-refractivity contribution in [1.29, 1.82) is 0 Å². The number of carboxylic acids is 1. The van der Waals surface area contributed by atoms with Crippen molar-refractivity contribution >= 4 is 5.97 Å². The van der Waals surface area contributed by atoms with Gasteiger partial charge in [0.15, 0.2) is 0 Å². The van der Waals surface area contributed by atoms with Gasteiger partial charge in [0.2, 0.25) is 0 Å². The number of aromatic carboxylic acids is 1. The van der Waals surface area contributed by atoms with E-state index in [2.05, 4.69) is 5.32 Å². The first-order valence-electron chi connectivity index (χ1n) is 6.90. The average molecular weight is 279 g/mol. The minimum Gasteiger partial charge on any atom is -0.494 e. The number of benzene rings is 1. The third-order valence-electron chi connectivity index (χ3n) is 3.72. The first kappa shape index (κ1) is 14.8. The Morgan fingerprint density at radius 1 is 1.40 bits per heavy atom. The Labute approximate surface area is 118 Å². The second-order valence-electron chi connectivity index (χ2n) is 4.99. The molecule has 1 fully saturated rings. The molecule has 0 aromatic heterocycles. The molecule has 1 heterocycles. The summed E-state index contributed by atoms with van der Waals surface area (Å²) in [6.07, 6.45) is 2.29. The predicted molar refractivity (Wildman–Crippen MR) is 75.3 cm³/mol. The van der Waals surface area contributed by atoms with Crippen LogP contribution in [0.3, 0.4) is 0 Å². The largest absolute Gasteiger partial charge is 0.494 e. The van der Waals surface area contributed by atoms with Crippen LogP contribution in [0.1, 0.15) is 23.2 Å². The molecule has 0 saturated carbocycles. The van der Waals surface area contributed by atoms with Gasteiger partial charge in [-0.2, -0.15) is 0 Å². The van der Waals surface area contributed by atoms with Crippen molar-refractivity contribution in [3.05, 3.63) is 29.8 Å². The van der Waals surface area contributed by atoms with Gasteiger partial charge in [-0.3, -0.25) is 0 Å². The van der Waals surface area contributed by atoms with E-state index in [9.17, 15) is 4.79 Å². The Morgan fingerprint density at radius 2 is 2.15 bits per heavy atom. The van der Waals surface area contributed by atoms with Crippen LogP contribution in [0.15, 0.2) is 24.3 Å². The fraction of sp³-hybridized carbons (Fsp3) is 0.533. The molecule has 0 spiro atoms. The van der Waals surface area contributed by atoms with Gasteiger partial charge >= 0.3 is 5.97 Å². The summed E-state index contributed by atoms with van der Waals surface area (Å²) < 4.78 is 11.1. The molecule has 2 N–H and O–H groups in total. The summed E-state index contributed by atoms with van der Waals surface area (Å²) >= 11 is 0. The van der Waals surface area contributed by atoms with Crippen LogP contribution >= 0.6 is 0 Å². The first-order valence-corrected chi connectivity index (χ1v) is 6.90. The molecule has 1 aliphatic rings. The summed E-state index contributed by atoms with van der Waals surface area (Å²) in [5.41, 5.74) is 0.273. The highest BCUT2D eigenvalue weighted by Gasteiger charge is 2.24. The highest BCUT2D eigenvalue weighted by Crippen LogP contribution is 2.20. The third kappa shape index (κ3) is 3.95. The van der Waals surface area contributed by atoms with Crippen LogP contribution in [0.25, 0.3) is 0 Å². The number of methoxy groups -OCH3 is 1. The van der Waals surface area contributed by atoms with Gasteiger partial charge < -0.3 is 19.9 Å². The molecule has 2 rings (SSSR count). The maximum atomic E-state index is 10.7. The maximum absolute atomic E-state index is 10.7. The number of ether oxygens (including phenoxy) is 2. The molecule has 110 valence electrons. The lowest BCUT2D eigenvalue weighted by molar-refractivity contribution is 0.0253. The van der Waals surface area contributed by atoms with Gasteiger partial charge in [0.25, 0.3) is 0 Å². The molecule has 0 unspecified atom stereocenters.